The predicted octanol–water partition coefficient (Wildman–Crippen LogP) is 0.482. The van der Waals surface area contributed by atoms with Gasteiger partial charge in [0.1, 0.15) is 12.2 Å². The van der Waals surface area contributed by atoms with Crippen LogP contribution in [0.3, 0.4) is 0 Å². The minimum absolute atomic E-state index is 0.0978. The fraction of sp³-hybridized carbons (Fsp3) is 0.545. The predicted molar refractivity (Wildman–Crippen MR) is 58.0 cm³/mol. The van der Waals surface area contributed by atoms with E-state index in [1.165, 1.54) is 0 Å². The number of likely N-dealkylation sites (N-methyl/N-ethyl adjacent to an activating group) is 1. The van der Waals surface area contributed by atoms with Crippen LogP contribution in [0.2, 0.25) is 0 Å². The van der Waals surface area contributed by atoms with Crippen molar-refractivity contribution in [2.45, 2.75) is 26.3 Å². The van der Waals surface area contributed by atoms with Crippen molar-refractivity contribution in [2.75, 3.05) is 13.1 Å². The van der Waals surface area contributed by atoms with Gasteiger partial charge in [-0.1, -0.05) is 6.92 Å². The van der Waals surface area contributed by atoms with E-state index in [4.69, 9.17) is 5.11 Å². The van der Waals surface area contributed by atoms with E-state index in [0.717, 1.165) is 37.3 Å². The van der Waals surface area contributed by atoms with Crippen molar-refractivity contribution in [2.24, 2.45) is 0 Å². The lowest BCUT2D eigenvalue weighted by atomic mass is 10.1. The Morgan fingerprint density at radius 3 is 3.12 bits per heavy atom. The second kappa shape index (κ2) is 4.57. The van der Waals surface area contributed by atoms with Gasteiger partial charge < -0.3 is 5.11 Å². The molecule has 0 unspecified atom stereocenters. The Kier molecular flexibility index (Phi) is 3.14. The Bertz CT molecular complexity index is 406. The number of rotatable bonds is 3. The van der Waals surface area contributed by atoms with Crippen molar-refractivity contribution < 1.29 is 9.90 Å². The van der Waals surface area contributed by atoms with Gasteiger partial charge in [-0.2, -0.15) is 0 Å². The van der Waals surface area contributed by atoms with Crippen LogP contribution in [-0.2, 0) is 24.2 Å². The zero-order valence-electron chi connectivity index (χ0n) is 9.31. The number of fused-ring (bicyclic) bond motifs is 1. The molecule has 0 spiro atoms. The maximum absolute atomic E-state index is 10.6. The first-order valence-electron chi connectivity index (χ1n) is 5.47. The van der Waals surface area contributed by atoms with Gasteiger partial charge in [0.05, 0.1) is 5.69 Å². The summed E-state index contributed by atoms with van der Waals surface area (Å²) in [5.41, 5.74) is 2.14. The summed E-state index contributed by atoms with van der Waals surface area (Å²) in [6, 6.07) is 0. The van der Waals surface area contributed by atoms with Crippen molar-refractivity contribution in [3.63, 3.8) is 0 Å². The maximum Gasteiger partial charge on any atom is 0.311 e. The van der Waals surface area contributed by atoms with E-state index < -0.39 is 5.97 Å². The zero-order valence-corrected chi connectivity index (χ0v) is 9.31. The van der Waals surface area contributed by atoms with Gasteiger partial charge in [-0.05, 0) is 18.5 Å². The molecule has 16 heavy (non-hydrogen) atoms. The molecule has 0 bridgehead atoms. The molecule has 2 rings (SSSR count). The molecule has 1 aliphatic rings. The van der Waals surface area contributed by atoms with E-state index in [2.05, 4.69) is 21.8 Å². The number of carboxylic acid groups (broad SMARTS) is 1. The monoisotopic (exact) mass is 221 g/mol. The van der Waals surface area contributed by atoms with Crippen LogP contribution in [0.15, 0.2) is 6.20 Å². The van der Waals surface area contributed by atoms with Crippen molar-refractivity contribution in [1.82, 2.24) is 14.9 Å². The van der Waals surface area contributed by atoms with Crippen LogP contribution in [0.5, 0.6) is 0 Å². The average molecular weight is 221 g/mol. The molecule has 0 radical (unpaired) electrons. The molecule has 1 aliphatic heterocycles. The third-order valence-electron chi connectivity index (χ3n) is 2.83. The van der Waals surface area contributed by atoms with E-state index in [-0.39, 0.29) is 6.42 Å². The molecule has 0 aliphatic carbocycles. The Labute approximate surface area is 94.1 Å². The van der Waals surface area contributed by atoms with Crippen molar-refractivity contribution in [3.8, 4) is 0 Å². The fourth-order valence-corrected chi connectivity index (χ4v) is 1.89. The summed E-state index contributed by atoms with van der Waals surface area (Å²) in [7, 11) is 0. The van der Waals surface area contributed by atoms with Gasteiger partial charge in [0.2, 0.25) is 0 Å². The first-order chi connectivity index (χ1) is 7.69. The fourth-order valence-electron chi connectivity index (χ4n) is 1.89. The van der Waals surface area contributed by atoms with Crippen molar-refractivity contribution in [1.29, 1.82) is 0 Å². The molecule has 86 valence electrons. The summed E-state index contributed by atoms with van der Waals surface area (Å²) in [6.45, 7) is 4.95. The summed E-state index contributed by atoms with van der Waals surface area (Å²) >= 11 is 0. The Morgan fingerprint density at radius 1 is 1.62 bits per heavy atom. The summed E-state index contributed by atoms with van der Waals surface area (Å²) < 4.78 is 0. The van der Waals surface area contributed by atoms with Crippen LogP contribution >= 0.6 is 0 Å². The van der Waals surface area contributed by atoms with Gasteiger partial charge in [0, 0.05) is 19.3 Å². The summed E-state index contributed by atoms with van der Waals surface area (Å²) in [4.78, 5) is 21.2. The second-order valence-electron chi connectivity index (χ2n) is 3.95. The third kappa shape index (κ3) is 2.36. The average Bonchev–Trinajstić information content (AvgIpc) is 2.27. The highest BCUT2D eigenvalue weighted by Gasteiger charge is 2.17. The van der Waals surface area contributed by atoms with Crippen molar-refractivity contribution in [3.05, 3.63) is 23.3 Å². The molecule has 0 saturated heterocycles. The van der Waals surface area contributed by atoms with Crippen LogP contribution in [0.25, 0.3) is 0 Å². The molecule has 0 aromatic carbocycles. The van der Waals surface area contributed by atoms with Crippen LogP contribution in [0.4, 0.5) is 0 Å². The highest BCUT2D eigenvalue weighted by molar-refractivity contribution is 5.68. The lowest BCUT2D eigenvalue weighted by Crippen LogP contribution is -2.31. The number of carbonyl (C=O) groups is 1. The third-order valence-corrected chi connectivity index (χ3v) is 2.83. The van der Waals surface area contributed by atoms with Gasteiger partial charge in [0.25, 0.3) is 0 Å². The number of hydrogen-bond acceptors (Lipinski definition) is 4. The summed E-state index contributed by atoms with van der Waals surface area (Å²) in [5, 5.41) is 8.68. The van der Waals surface area contributed by atoms with Gasteiger partial charge in [-0.15, -0.1) is 0 Å². The molecule has 1 aromatic rings. The second-order valence-corrected chi connectivity index (χ2v) is 3.95. The molecular weight excluding hydrogens is 206 g/mol. The molecule has 2 heterocycles. The first-order valence-corrected chi connectivity index (χ1v) is 5.47. The Balaban J connectivity index is 2.20. The lowest BCUT2D eigenvalue weighted by molar-refractivity contribution is -0.136. The van der Waals surface area contributed by atoms with Crippen LogP contribution < -0.4 is 0 Å². The highest BCUT2D eigenvalue weighted by atomic mass is 16.4. The van der Waals surface area contributed by atoms with E-state index in [1.807, 2.05) is 0 Å². The minimum Gasteiger partial charge on any atom is -0.481 e. The van der Waals surface area contributed by atoms with E-state index in [9.17, 15) is 4.79 Å². The molecule has 1 N–H and O–H groups in total. The summed E-state index contributed by atoms with van der Waals surface area (Å²) in [6.07, 6.45) is 2.63. The van der Waals surface area contributed by atoms with Crippen LogP contribution in [0, 0.1) is 0 Å². The molecule has 0 amide bonds. The molecule has 0 saturated carbocycles. The summed E-state index contributed by atoms with van der Waals surface area (Å²) in [5.74, 6) is -0.479. The molecule has 5 nitrogen and oxygen atoms in total. The van der Waals surface area contributed by atoms with Crippen LogP contribution in [-0.4, -0.2) is 39.0 Å². The van der Waals surface area contributed by atoms with Gasteiger partial charge in [-0.25, -0.2) is 9.97 Å². The number of carboxylic acids is 1. The zero-order chi connectivity index (χ0) is 11.5. The quantitative estimate of drug-likeness (QED) is 0.804. The first kappa shape index (κ1) is 11.0. The molecule has 0 atom stereocenters. The SMILES string of the molecule is CCN1CCc2cnc(CC(=O)O)nc2C1. The van der Waals surface area contributed by atoms with Crippen molar-refractivity contribution >= 4 is 5.97 Å². The van der Waals surface area contributed by atoms with E-state index in [0.29, 0.717) is 5.82 Å². The number of hydrogen-bond donors (Lipinski definition) is 1. The number of aliphatic carboxylic acids is 1. The van der Waals surface area contributed by atoms with Gasteiger partial charge >= 0.3 is 5.97 Å². The number of aromatic nitrogens is 2. The Morgan fingerprint density at radius 2 is 2.44 bits per heavy atom. The standard InChI is InChI=1S/C11H15N3O2/c1-2-14-4-3-8-6-12-10(5-11(15)16)13-9(8)7-14/h6H,2-5,7H2,1H3,(H,15,16). The lowest BCUT2D eigenvalue weighted by Gasteiger charge is -2.26. The normalized spacial score (nSPS) is 15.8. The van der Waals surface area contributed by atoms with Crippen LogP contribution in [0.1, 0.15) is 24.0 Å². The topological polar surface area (TPSA) is 66.3 Å². The highest BCUT2D eigenvalue weighted by Crippen LogP contribution is 2.15. The largest absolute Gasteiger partial charge is 0.481 e. The van der Waals surface area contributed by atoms with E-state index >= 15 is 0 Å². The van der Waals surface area contributed by atoms with E-state index in [1.54, 1.807) is 6.20 Å². The maximum atomic E-state index is 10.6. The minimum atomic E-state index is -0.886. The molecule has 0 fully saturated rings. The molecular formula is C11H15N3O2. The smallest absolute Gasteiger partial charge is 0.311 e. The van der Waals surface area contributed by atoms with Gasteiger partial charge in [-0.3, -0.25) is 9.69 Å². The molecule has 5 heteroatoms. The van der Waals surface area contributed by atoms with Gasteiger partial charge in [0.15, 0.2) is 0 Å². The number of nitrogens with zero attached hydrogens (tertiary/aromatic N) is 3. The molecule has 1 aromatic heterocycles. The Hall–Kier alpha value is -1.49.